The number of amides is 1. The number of hydrogen-bond donors (Lipinski definition) is 0. The fourth-order valence-corrected chi connectivity index (χ4v) is 4.17. The Morgan fingerprint density at radius 1 is 1.21 bits per heavy atom. The summed E-state index contributed by atoms with van der Waals surface area (Å²) in [5.74, 6) is -1.70. The Labute approximate surface area is 172 Å². The van der Waals surface area contributed by atoms with Crippen LogP contribution < -0.4 is 4.90 Å². The average Bonchev–Trinajstić information content (AvgIpc) is 3.21. The molecule has 9 heteroatoms. The standard InChI is InChI=1S/C20H25F2N5OS/c1-12(2)27-13(3)9-16(24-27)19(28)26(8-6-7-25(4)5)20-23-18-15(22)10-14(21)11-17(18)29-20/h9-12H,6-8H2,1-5H3. The zero-order chi connectivity index (χ0) is 21.3. The Hall–Kier alpha value is -2.39. The van der Waals surface area contributed by atoms with E-state index in [1.54, 1.807) is 10.7 Å². The lowest BCUT2D eigenvalue weighted by Gasteiger charge is -2.20. The summed E-state index contributed by atoms with van der Waals surface area (Å²) in [6, 6.07) is 3.91. The molecule has 0 aliphatic carbocycles. The number of thiazole rings is 1. The minimum Gasteiger partial charge on any atom is -0.309 e. The van der Waals surface area contributed by atoms with Crippen LogP contribution in [0.15, 0.2) is 18.2 Å². The predicted octanol–water partition coefficient (Wildman–Crippen LogP) is 4.26. The Kier molecular flexibility index (Phi) is 6.28. The van der Waals surface area contributed by atoms with Crippen LogP contribution in [0.2, 0.25) is 0 Å². The van der Waals surface area contributed by atoms with Crippen molar-refractivity contribution in [3.63, 3.8) is 0 Å². The second-order valence-corrected chi connectivity index (χ2v) is 8.56. The molecule has 0 fully saturated rings. The molecular formula is C20H25F2N5OS. The van der Waals surface area contributed by atoms with Gasteiger partial charge < -0.3 is 4.90 Å². The molecular weight excluding hydrogens is 396 g/mol. The van der Waals surface area contributed by atoms with E-state index in [0.717, 1.165) is 29.6 Å². The van der Waals surface area contributed by atoms with E-state index < -0.39 is 11.6 Å². The summed E-state index contributed by atoms with van der Waals surface area (Å²) in [4.78, 5) is 21.1. The molecule has 1 aromatic carbocycles. The highest BCUT2D eigenvalue weighted by atomic mass is 32.1. The van der Waals surface area contributed by atoms with Crippen LogP contribution in [-0.2, 0) is 0 Å². The molecule has 6 nitrogen and oxygen atoms in total. The molecule has 3 aromatic rings. The second-order valence-electron chi connectivity index (χ2n) is 7.55. The van der Waals surface area contributed by atoms with Gasteiger partial charge in [-0.1, -0.05) is 11.3 Å². The van der Waals surface area contributed by atoms with Crippen molar-refractivity contribution in [1.29, 1.82) is 0 Å². The molecule has 0 radical (unpaired) electrons. The molecule has 2 heterocycles. The summed E-state index contributed by atoms with van der Waals surface area (Å²) in [5.41, 5.74) is 1.27. The lowest BCUT2D eigenvalue weighted by molar-refractivity contribution is 0.0980. The Morgan fingerprint density at radius 3 is 2.55 bits per heavy atom. The molecule has 3 rings (SSSR count). The average molecular weight is 422 g/mol. The van der Waals surface area contributed by atoms with Crippen molar-refractivity contribution >= 4 is 32.6 Å². The van der Waals surface area contributed by atoms with Crippen LogP contribution in [0.5, 0.6) is 0 Å². The fraction of sp³-hybridized carbons (Fsp3) is 0.450. The molecule has 0 atom stereocenters. The summed E-state index contributed by atoms with van der Waals surface area (Å²) in [7, 11) is 3.91. The van der Waals surface area contributed by atoms with Crippen molar-refractivity contribution in [2.75, 3.05) is 32.1 Å². The van der Waals surface area contributed by atoms with Crippen LogP contribution in [0.25, 0.3) is 10.2 Å². The van der Waals surface area contributed by atoms with Crippen LogP contribution in [0.1, 0.15) is 42.5 Å². The number of nitrogens with zero attached hydrogens (tertiary/aromatic N) is 5. The van der Waals surface area contributed by atoms with E-state index in [2.05, 4.69) is 10.1 Å². The highest BCUT2D eigenvalue weighted by molar-refractivity contribution is 7.22. The third kappa shape index (κ3) is 4.62. The molecule has 0 saturated heterocycles. The summed E-state index contributed by atoms with van der Waals surface area (Å²) in [5, 5.41) is 4.78. The molecule has 0 bridgehead atoms. The number of halogens is 2. The van der Waals surface area contributed by atoms with Crippen molar-refractivity contribution in [2.45, 2.75) is 33.2 Å². The SMILES string of the molecule is Cc1cc(C(=O)N(CCCN(C)C)c2nc3c(F)cc(F)cc3s2)nn1C(C)C. The number of carbonyl (C=O) groups excluding carboxylic acids is 1. The maximum absolute atomic E-state index is 14.1. The first-order valence-corrected chi connectivity index (χ1v) is 10.3. The molecule has 29 heavy (non-hydrogen) atoms. The van der Waals surface area contributed by atoms with Gasteiger partial charge in [-0.05, 0) is 60.0 Å². The summed E-state index contributed by atoms with van der Waals surface area (Å²) < 4.78 is 29.9. The van der Waals surface area contributed by atoms with Gasteiger partial charge in [0.15, 0.2) is 16.6 Å². The van der Waals surface area contributed by atoms with Gasteiger partial charge in [0, 0.05) is 24.3 Å². The predicted molar refractivity (Wildman–Crippen MR) is 112 cm³/mol. The van der Waals surface area contributed by atoms with Gasteiger partial charge in [0.25, 0.3) is 5.91 Å². The van der Waals surface area contributed by atoms with Crippen LogP contribution in [0, 0.1) is 18.6 Å². The van der Waals surface area contributed by atoms with Crippen molar-refractivity contribution < 1.29 is 13.6 Å². The smallest absolute Gasteiger partial charge is 0.280 e. The van der Waals surface area contributed by atoms with E-state index in [9.17, 15) is 13.6 Å². The summed E-state index contributed by atoms with van der Waals surface area (Å²) in [6.45, 7) is 7.06. The number of aromatic nitrogens is 3. The Bertz CT molecular complexity index is 1030. The van der Waals surface area contributed by atoms with Gasteiger partial charge in [0.1, 0.15) is 11.3 Å². The number of fused-ring (bicyclic) bond motifs is 1. The van der Waals surface area contributed by atoms with E-state index >= 15 is 0 Å². The fourth-order valence-electron chi connectivity index (χ4n) is 3.14. The third-order valence-electron chi connectivity index (χ3n) is 4.50. The Morgan fingerprint density at radius 2 is 1.93 bits per heavy atom. The van der Waals surface area contributed by atoms with E-state index in [1.807, 2.05) is 39.8 Å². The second kappa shape index (κ2) is 8.54. The highest BCUT2D eigenvalue weighted by Crippen LogP contribution is 2.32. The van der Waals surface area contributed by atoms with E-state index in [4.69, 9.17) is 0 Å². The first-order valence-electron chi connectivity index (χ1n) is 9.45. The minimum atomic E-state index is -0.733. The number of anilines is 1. The van der Waals surface area contributed by atoms with Crippen LogP contribution in [0.3, 0.4) is 0 Å². The Balaban J connectivity index is 1.99. The van der Waals surface area contributed by atoms with Gasteiger partial charge in [-0.2, -0.15) is 5.10 Å². The molecule has 0 saturated carbocycles. The summed E-state index contributed by atoms with van der Waals surface area (Å²) in [6.07, 6.45) is 0.704. The minimum absolute atomic E-state index is 0.0701. The molecule has 0 aliphatic rings. The van der Waals surface area contributed by atoms with Crippen molar-refractivity contribution in [3.8, 4) is 0 Å². The number of aryl methyl sites for hydroxylation is 1. The van der Waals surface area contributed by atoms with Crippen LogP contribution >= 0.6 is 11.3 Å². The molecule has 0 spiro atoms. The quantitative estimate of drug-likeness (QED) is 0.572. The monoisotopic (exact) mass is 421 g/mol. The van der Waals surface area contributed by atoms with E-state index in [-0.39, 0.29) is 17.5 Å². The first kappa shape index (κ1) is 21.3. The largest absolute Gasteiger partial charge is 0.309 e. The molecule has 2 aromatic heterocycles. The maximum atomic E-state index is 14.1. The van der Waals surface area contributed by atoms with Crippen molar-refractivity contribution in [3.05, 3.63) is 41.2 Å². The first-order chi connectivity index (χ1) is 13.7. The van der Waals surface area contributed by atoms with E-state index in [0.29, 0.717) is 28.5 Å². The molecule has 0 unspecified atom stereocenters. The van der Waals surface area contributed by atoms with Gasteiger partial charge in [-0.3, -0.25) is 14.4 Å². The maximum Gasteiger partial charge on any atom is 0.280 e. The highest BCUT2D eigenvalue weighted by Gasteiger charge is 2.25. The van der Waals surface area contributed by atoms with Gasteiger partial charge in [0.2, 0.25) is 0 Å². The summed E-state index contributed by atoms with van der Waals surface area (Å²) >= 11 is 1.10. The van der Waals surface area contributed by atoms with Crippen LogP contribution in [0.4, 0.5) is 13.9 Å². The van der Waals surface area contributed by atoms with Gasteiger partial charge in [-0.25, -0.2) is 13.8 Å². The lowest BCUT2D eigenvalue weighted by Crippen LogP contribution is -2.33. The van der Waals surface area contributed by atoms with Crippen molar-refractivity contribution in [2.24, 2.45) is 0 Å². The van der Waals surface area contributed by atoms with Gasteiger partial charge >= 0.3 is 0 Å². The lowest BCUT2D eigenvalue weighted by atomic mass is 10.3. The van der Waals surface area contributed by atoms with Crippen molar-refractivity contribution in [1.82, 2.24) is 19.7 Å². The zero-order valence-electron chi connectivity index (χ0n) is 17.2. The van der Waals surface area contributed by atoms with Crippen LogP contribution in [-0.4, -0.2) is 52.8 Å². The third-order valence-corrected chi connectivity index (χ3v) is 5.52. The topological polar surface area (TPSA) is 54.3 Å². The van der Waals surface area contributed by atoms with E-state index in [1.165, 1.54) is 11.0 Å². The molecule has 156 valence electrons. The number of carbonyl (C=O) groups is 1. The molecule has 0 aliphatic heterocycles. The number of benzene rings is 1. The van der Waals surface area contributed by atoms with Gasteiger partial charge in [-0.15, -0.1) is 0 Å². The number of rotatable bonds is 7. The molecule has 0 N–H and O–H groups in total. The zero-order valence-corrected chi connectivity index (χ0v) is 18.1. The number of hydrogen-bond acceptors (Lipinski definition) is 5. The molecule has 1 amide bonds. The normalized spacial score (nSPS) is 11.8. The van der Waals surface area contributed by atoms with Gasteiger partial charge in [0.05, 0.1) is 4.70 Å².